The van der Waals surface area contributed by atoms with E-state index in [9.17, 15) is 32.7 Å². The zero-order valence-corrected chi connectivity index (χ0v) is 19.6. The van der Waals surface area contributed by atoms with Gasteiger partial charge in [0.05, 0.1) is 16.9 Å². The van der Waals surface area contributed by atoms with Crippen LogP contribution in [0.1, 0.15) is 22.1 Å². The molecule has 9 nitrogen and oxygen atoms in total. The molecule has 2 heterocycles. The van der Waals surface area contributed by atoms with Crippen LogP contribution in [0.25, 0.3) is 0 Å². The van der Waals surface area contributed by atoms with Gasteiger partial charge in [-0.05, 0) is 36.4 Å². The molecule has 0 radical (unpaired) electrons. The summed E-state index contributed by atoms with van der Waals surface area (Å²) in [7, 11) is 2.95. The predicted octanol–water partition coefficient (Wildman–Crippen LogP) is 3.51. The van der Waals surface area contributed by atoms with Crippen LogP contribution in [-0.4, -0.2) is 53.0 Å². The van der Waals surface area contributed by atoms with Gasteiger partial charge < -0.3 is 25.6 Å². The van der Waals surface area contributed by atoms with Crippen LogP contribution in [0.2, 0.25) is 0 Å². The number of anilines is 2. The molecule has 0 spiro atoms. The first-order valence-corrected chi connectivity index (χ1v) is 11.0. The van der Waals surface area contributed by atoms with E-state index in [2.05, 4.69) is 15.6 Å². The fraction of sp³-hybridized carbons (Fsp3) is 0.160. The van der Waals surface area contributed by atoms with Crippen molar-refractivity contribution in [1.29, 1.82) is 0 Å². The van der Waals surface area contributed by atoms with Crippen LogP contribution in [0.5, 0.6) is 5.75 Å². The Morgan fingerprint density at radius 2 is 1.65 bits per heavy atom. The summed E-state index contributed by atoms with van der Waals surface area (Å²) < 4.78 is 42.0. The molecule has 0 aliphatic carbocycles. The number of aromatic hydroxyl groups is 1. The van der Waals surface area contributed by atoms with Gasteiger partial charge in [0.25, 0.3) is 17.7 Å². The normalized spacial score (nSPS) is 14.7. The highest BCUT2D eigenvalue weighted by atomic mass is 19.4. The number of carbonyl (C=O) groups excluding carboxylic acids is 3. The summed E-state index contributed by atoms with van der Waals surface area (Å²) >= 11 is 0. The molecular formula is C25H22F3N5O4. The van der Waals surface area contributed by atoms with Gasteiger partial charge in [0.1, 0.15) is 11.4 Å². The maximum atomic E-state index is 14.0. The lowest BCUT2D eigenvalue weighted by Gasteiger charge is -2.23. The highest BCUT2D eigenvalue weighted by Gasteiger charge is 2.47. The number of H-pyrrole nitrogens is 1. The van der Waals surface area contributed by atoms with Gasteiger partial charge in [0.15, 0.2) is 11.8 Å². The molecule has 3 aromatic rings. The number of aromatic nitrogens is 1. The van der Waals surface area contributed by atoms with Gasteiger partial charge in [-0.2, -0.15) is 13.2 Å². The van der Waals surface area contributed by atoms with Crippen molar-refractivity contribution >= 4 is 29.1 Å². The van der Waals surface area contributed by atoms with Crippen LogP contribution in [0.15, 0.2) is 78.3 Å². The molecule has 3 amide bonds. The third kappa shape index (κ3) is 4.85. The molecule has 0 saturated heterocycles. The number of para-hydroxylation sites is 2. The molecule has 1 aromatic heterocycles. The summed E-state index contributed by atoms with van der Waals surface area (Å²) in [6, 6.07) is 12.0. The fourth-order valence-corrected chi connectivity index (χ4v) is 3.79. The number of alkyl halides is 3. The van der Waals surface area contributed by atoms with Crippen molar-refractivity contribution < 1.29 is 32.7 Å². The number of hydrogen-bond donors (Lipinski definition) is 4. The zero-order chi connectivity index (χ0) is 26.9. The van der Waals surface area contributed by atoms with E-state index in [1.54, 1.807) is 18.2 Å². The number of halogens is 3. The maximum Gasteiger partial charge on any atom is 0.414 e. The number of nitrogens with zero attached hydrogens (tertiary/aromatic N) is 2. The van der Waals surface area contributed by atoms with E-state index in [1.165, 1.54) is 67.7 Å². The first-order valence-electron chi connectivity index (χ1n) is 11.0. The quantitative estimate of drug-likeness (QED) is 0.284. The van der Waals surface area contributed by atoms with Gasteiger partial charge in [-0.25, -0.2) is 4.90 Å². The number of amides is 3. The topological polar surface area (TPSA) is 118 Å². The molecule has 0 bridgehead atoms. The van der Waals surface area contributed by atoms with Crippen molar-refractivity contribution in [3.63, 3.8) is 0 Å². The zero-order valence-electron chi connectivity index (χ0n) is 19.6. The Morgan fingerprint density at radius 1 is 0.973 bits per heavy atom. The lowest BCUT2D eigenvalue weighted by molar-refractivity contribution is -0.156. The molecule has 1 unspecified atom stereocenters. The summed E-state index contributed by atoms with van der Waals surface area (Å²) in [5, 5.41) is 15.5. The lowest BCUT2D eigenvalue weighted by atomic mass is 10.1. The standard InChI is InChI=1S/C25H22F3N5O4/c1-32(2)22(35)15-10-6-11-16(20(15)34)30-18-19(31-21(25(26,27)28)17-12-7-13-29-17)24(37)33(23(18)36)14-8-4-3-5-9-14/h3-13,21,29-31,34H,1-2H3. The first kappa shape index (κ1) is 25.4. The predicted molar refractivity (Wildman–Crippen MR) is 128 cm³/mol. The van der Waals surface area contributed by atoms with E-state index in [0.717, 1.165) is 4.90 Å². The molecule has 1 aliphatic heterocycles. The van der Waals surface area contributed by atoms with Gasteiger partial charge in [-0.3, -0.25) is 14.4 Å². The Bertz CT molecular complexity index is 1370. The number of carbonyl (C=O) groups is 3. The molecule has 4 N–H and O–H groups in total. The van der Waals surface area contributed by atoms with Crippen molar-refractivity contribution in [2.45, 2.75) is 12.2 Å². The van der Waals surface area contributed by atoms with Crippen LogP contribution in [0.3, 0.4) is 0 Å². The molecule has 37 heavy (non-hydrogen) atoms. The average Bonchev–Trinajstić information content (AvgIpc) is 3.45. The second-order valence-corrected chi connectivity index (χ2v) is 8.30. The number of benzene rings is 2. The molecular weight excluding hydrogens is 491 g/mol. The molecule has 12 heteroatoms. The maximum absolute atomic E-state index is 14.0. The van der Waals surface area contributed by atoms with Crippen molar-refractivity contribution in [1.82, 2.24) is 15.2 Å². The molecule has 4 rings (SSSR count). The molecule has 192 valence electrons. The Kier molecular flexibility index (Phi) is 6.66. The number of phenolic OH excluding ortho intramolecular Hbond substituents is 1. The van der Waals surface area contributed by atoms with E-state index in [4.69, 9.17) is 0 Å². The Labute approximate surface area is 209 Å². The van der Waals surface area contributed by atoms with E-state index < -0.39 is 47.1 Å². The van der Waals surface area contributed by atoms with Gasteiger partial charge in [-0.15, -0.1) is 0 Å². The second kappa shape index (κ2) is 9.72. The Morgan fingerprint density at radius 3 is 2.24 bits per heavy atom. The minimum atomic E-state index is -4.84. The van der Waals surface area contributed by atoms with Crippen molar-refractivity contribution in [3.05, 3.63) is 89.5 Å². The number of aromatic amines is 1. The Hall–Kier alpha value is -4.74. The van der Waals surface area contributed by atoms with Gasteiger partial charge >= 0.3 is 6.18 Å². The third-order valence-electron chi connectivity index (χ3n) is 5.58. The second-order valence-electron chi connectivity index (χ2n) is 8.30. The van der Waals surface area contributed by atoms with Crippen LogP contribution in [0, 0.1) is 0 Å². The van der Waals surface area contributed by atoms with Crippen LogP contribution in [-0.2, 0) is 9.59 Å². The van der Waals surface area contributed by atoms with Crippen molar-refractivity contribution in [2.75, 3.05) is 24.3 Å². The van der Waals surface area contributed by atoms with E-state index in [-0.39, 0.29) is 22.6 Å². The van der Waals surface area contributed by atoms with Crippen LogP contribution >= 0.6 is 0 Å². The fourth-order valence-electron chi connectivity index (χ4n) is 3.79. The molecule has 0 saturated carbocycles. The van der Waals surface area contributed by atoms with E-state index in [0.29, 0.717) is 0 Å². The van der Waals surface area contributed by atoms with Crippen molar-refractivity contribution in [3.8, 4) is 5.75 Å². The summed E-state index contributed by atoms with van der Waals surface area (Å²) in [4.78, 5) is 43.6. The molecule has 1 aliphatic rings. The largest absolute Gasteiger partial charge is 0.505 e. The molecule has 1 atom stereocenters. The third-order valence-corrected chi connectivity index (χ3v) is 5.58. The lowest BCUT2D eigenvalue weighted by Crippen LogP contribution is -2.38. The number of hydrogen-bond acceptors (Lipinski definition) is 6. The number of phenols is 1. The summed E-state index contributed by atoms with van der Waals surface area (Å²) in [5.74, 6) is -3.06. The van der Waals surface area contributed by atoms with Crippen molar-refractivity contribution in [2.24, 2.45) is 0 Å². The molecule has 2 aromatic carbocycles. The average molecular weight is 513 g/mol. The monoisotopic (exact) mass is 513 g/mol. The smallest absolute Gasteiger partial charge is 0.414 e. The Balaban J connectivity index is 1.81. The number of nitrogens with one attached hydrogen (secondary N) is 3. The number of imide groups is 1. The SMILES string of the molecule is CN(C)C(=O)c1cccc(NC2=C(NC(c3ccc[nH]3)C(F)(F)F)C(=O)N(c3ccccc3)C2=O)c1O. The summed E-state index contributed by atoms with van der Waals surface area (Å²) in [6.07, 6.45) is -3.54. The van der Waals surface area contributed by atoms with Gasteiger partial charge in [-0.1, -0.05) is 24.3 Å². The molecule has 0 fully saturated rings. The van der Waals surface area contributed by atoms with E-state index >= 15 is 0 Å². The van der Waals surface area contributed by atoms with Gasteiger partial charge in [0.2, 0.25) is 0 Å². The minimum Gasteiger partial charge on any atom is -0.505 e. The van der Waals surface area contributed by atoms with Crippen LogP contribution < -0.4 is 15.5 Å². The number of rotatable bonds is 7. The highest BCUT2D eigenvalue weighted by Crippen LogP contribution is 2.37. The van der Waals surface area contributed by atoms with E-state index in [1.807, 2.05) is 0 Å². The summed E-state index contributed by atoms with van der Waals surface area (Å²) in [5.41, 5.74) is -1.59. The summed E-state index contributed by atoms with van der Waals surface area (Å²) in [6.45, 7) is 0. The first-order chi connectivity index (χ1) is 17.5. The minimum absolute atomic E-state index is 0.110. The highest BCUT2D eigenvalue weighted by molar-refractivity contribution is 6.33. The van der Waals surface area contributed by atoms with Gasteiger partial charge in [0, 0.05) is 26.0 Å². The van der Waals surface area contributed by atoms with Crippen LogP contribution in [0.4, 0.5) is 24.5 Å².